The predicted molar refractivity (Wildman–Crippen MR) is 154 cm³/mol. The fourth-order valence-electron chi connectivity index (χ4n) is 7.09. The molecular weight excluding hydrogens is 534 g/mol. The van der Waals surface area contributed by atoms with Crippen LogP contribution in [0.4, 0.5) is 5.82 Å². The Hall–Kier alpha value is -4.02. The summed E-state index contributed by atoms with van der Waals surface area (Å²) >= 11 is 0. The van der Waals surface area contributed by atoms with Crippen LogP contribution >= 0.6 is 0 Å². The summed E-state index contributed by atoms with van der Waals surface area (Å²) in [6.07, 6.45) is 3.49. The maximum atomic E-state index is 13.0. The molecule has 2 bridgehead atoms. The number of amides is 3. The Morgan fingerprint density at radius 2 is 1.83 bits per heavy atom. The van der Waals surface area contributed by atoms with E-state index in [1.165, 1.54) is 12.0 Å². The Labute approximate surface area is 243 Å². The van der Waals surface area contributed by atoms with Crippen molar-refractivity contribution in [2.45, 2.75) is 63.1 Å². The standard InChI is InChI=1S/C32H33N5O5/c38-30-8-6-28(31(39)34-30)37-15-21-12-22(3-4-26(21)32(37)40)41-23-9-10-35(16-23)14-19-1-5-27-20(11-19)2-7-29(33-27)36-17-24-13-25(18-36)42-24/h1-5,7,11-12,23-25,28H,6,8-10,13-18H2,(H,34,38,39)/t23?,24-,25+,28?. The second kappa shape index (κ2) is 10.1. The highest BCUT2D eigenvalue weighted by atomic mass is 16.5. The number of morpholine rings is 1. The van der Waals surface area contributed by atoms with Crippen molar-refractivity contribution in [3.8, 4) is 5.75 Å². The second-order valence-corrected chi connectivity index (χ2v) is 12.2. The fraction of sp³-hybridized carbons (Fsp3) is 0.438. The molecule has 2 unspecified atom stereocenters. The van der Waals surface area contributed by atoms with Gasteiger partial charge in [-0.25, -0.2) is 4.98 Å². The molecule has 10 nitrogen and oxygen atoms in total. The van der Waals surface area contributed by atoms with E-state index in [1.54, 1.807) is 11.0 Å². The molecule has 0 radical (unpaired) electrons. The van der Waals surface area contributed by atoms with E-state index in [2.05, 4.69) is 45.4 Å². The lowest BCUT2D eigenvalue weighted by molar-refractivity contribution is -0.137. The number of carbonyl (C=O) groups excluding carboxylic acids is 3. The quantitative estimate of drug-likeness (QED) is 0.454. The first-order valence-corrected chi connectivity index (χ1v) is 14.9. The van der Waals surface area contributed by atoms with E-state index in [-0.39, 0.29) is 24.3 Å². The van der Waals surface area contributed by atoms with Crippen LogP contribution in [0.3, 0.4) is 0 Å². The van der Waals surface area contributed by atoms with Gasteiger partial charge in [-0.2, -0.15) is 0 Å². The van der Waals surface area contributed by atoms with Crippen molar-refractivity contribution < 1.29 is 23.9 Å². The lowest BCUT2D eigenvalue weighted by Crippen LogP contribution is -2.57. The first-order valence-electron chi connectivity index (χ1n) is 14.9. The normalized spacial score (nSPS) is 27.3. The number of benzene rings is 2. The van der Waals surface area contributed by atoms with Crippen molar-refractivity contribution in [1.29, 1.82) is 0 Å². The van der Waals surface area contributed by atoms with Gasteiger partial charge in [0.05, 0.1) is 17.7 Å². The summed E-state index contributed by atoms with van der Waals surface area (Å²) < 4.78 is 12.1. The number of piperidine rings is 2. The van der Waals surface area contributed by atoms with E-state index in [9.17, 15) is 14.4 Å². The van der Waals surface area contributed by atoms with Crippen molar-refractivity contribution in [2.24, 2.45) is 0 Å². The number of nitrogens with zero attached hydrogens (tertiary/aromatic N) is 4. The van der Waals surface area contributed by atoms with Gasteiger partial charge in [0.1, 0.15) is 23.7 Å². The Balaban J connectivity index is 0.881. The molecule has 42 heavy (non-hydrogen) atoms. The molecule has 7 heterocycles. The molecule has 6 aliphatic rings. The predicted octanol–water partition coefficient (Wildman–Crippen LogP) is 2.63. The number of hydrogen-bond acceptors (Lipinski definition) is 8. The smallest absolute Gasteiger partial charge is 0.255 e. The number of ether oxygens (including phenoxy) is 2. The molecule has 5 saturated heterocycles. The summed E-state index contributed by atoms with van der Waals surface area (Å²) in [5, 5.41) is 3.50. The molecule has 3 amide bonds. The van der Waals surface area contributed by atoms with Crippen LogP contribution in [0.2, 0.25) is 0 Å². The third-order valence-electron chi connectivity index (χ3n) is 9.25. The SMILES string of the molecule is O=C1CCC(N2Cc3cc(OC4CCN(Cc5ccc6nc(N7C[C@H]8C[C@@H](C7)O8)ccc6c5)C4)ccc3C2=O)C(=O)N1. The van der Waals surface area contributed by atoms with Crippen LogP contribution in [0.1, 0.15) is 47.2 Å². The molecule has 1 N–H and O–H groups in total. The number of aromatic nitrogens is 1. The zero-order valence-corrected chi connectivity index (χ0v) is 23.3. The van der Waals surface area contributed by atoms with E-state index in [0.29, 0.717) is 30.7 Å². The fourth-order valence-corrected chi connectivity index (χ4v) is 7.09. The van der Waals surface area contributed by atoms with Gasteiger partial charge in [0.2, 0.25) is 11.8 Å². The molecule has 5 fully saturated rings. The average Bonchev–Trinajstić information content (AvgIpc) is 3.55. The summed E-state index contributed by atoms with van der Waals surface area (Å²) in [6, 6.07) is 15.8. The molecule has 0 aliphatic carbocycles. The van der Waals surface area contributed by atoms with Crippen molar-refractivity contribution >= 4 is 34.4 Å². The van der Waals surface area contributed by atoms with Crippen molar-refractivity contribution in [3.63, 3.8) is 0 Å². The van der Waals surface area contributed by atoms with Crippen LogP contribution in [0.5, 0.6) is 5.75 Å². The first kappa shape index (κ1) is 25.7. The zero-order chi connectivity index (χ0) is 28.4. The van der Waals surface area contributed by atoms with Crippen LogP contribution < -0.4 is 15.0 Å². The molecule has 0 spiro atoms. The van der Waals surface area contributed by atoms with Gasteiger partial charge in [-0.1, -0.05) is 6.07 Å². The molecule has 0 saturated carbocycles. The molecule has 6 aliphatic heterocycles. The van der Waals surface area contributed by atoms with E-state index >= 15 is 0 Å². The van der Waals surface area contributed by atoms with Crippen molar-refractivity contribution in [3.05, 3.63) is 65.2 Å². The Morgan fingerprint density at radius 1 is 0.976 bits per heavy atom. The second-order valence-electron chi connectivity index (χ2n) is 12.2. The highest BCUT2D eigenvalue weighted by molar-refractivity contribution is 6.05. The molecular formula is C32H33N5O5. The van der Waals surface area contributed by atoms with Gasteiger partial charge in [0, 0.05) is 63.1 Å². The Kier molecular flexibility index (Phi) is 6.15. The third kappa shape index (κ3) is 4.68. The summed E-state index contributed by atoms with van der Waals surface area (Å²) in [5.74, 6) is 0.924. The molecule has 3 aromatic rings. The van der Waals surface area contributed by atoms with Crippen molar-refractivity contribution in [2.75, 3.05) is 31.1 Å². The van der Waals surface area contributed by atoms with Crippen LogP contribution in [0.25, 0.3) is 10.9 Å². The molecule has 10 heteroatoms. The monoisotopic (exact) mass is 567 g/mol. The molecule has 9 rings (SSSR count). The number of nitrogens with one attached hydrogen (secondary N) is 1. The molecule has 2 aromatic carbocycles. The zero-order valence-electron chi connectivity index (χ0n) is 23.3. The van der Waals surface area contributed by atoms with E-state index < -0.39 is 11.9 Å². The summed E-state index contributed by atoms with van der Waals surface area (Å²) in [6.45, 7) is 4.83. The van der Waals surface area contributed by atoms with Gasteiger partial charge in [0.25, 0.3) is 5.91 Å². The minimum Gasteiger partial charge on any atom is -0.489 e. The number of anilines is 1. The summed E-state index contributed by atoms with van der Waals surface area (Å²) in [4.78, 5) is 48.1. The lowest BCUT2D eigenvalue weighted by Gasteiger charge is -2.47. The van der Waals surface area contributed by atoms with Gasteiger partial charge >= 0.3 is 0 Å². The summed E-state index contributed by atoms with van der Waals surface area (Å²) in [7, 11) is 0. The number of fused-ring (bicyclic) bond motifs is 4. The van der Waals surface area contributed by atoms with Gasteiger partial charge in [-0.3, -0.25) is 24.6 Å². The van der Waals surface area contributed by atoms with Gasteiger partial charge in [0.15, 0.2) is 0 Å². The van der Waals surface area contributed by atoms with Gasteiger partial charge in [-0.15, -0.1) is 0 Å². The van der Waals surface area contributed by atoms with Crippen LogP contribution in [0.15, 0.2) is 48.5 Å². The molecule has 4 atom stereocenters. The van der Waals surface area contributed by atoms with E-state index in [1.807, 2.05) is 12.1 Å². The number of carbonyl (C=O) groups is 3. The highest BCUT2D eigenvalue weighted by Gasteiger charge is 2.40. The molecule has 216 valence electrons. The maximum Gasteiger partial charge on any atom is 0.255 e. The third-order valence-corrected chi connectivity index (χ3v) is 9.25. The maximum absolute atomic E-state index is 13.0. The minimum absolute atomic E-state index is 0.0656. The topological polar surface area (TPSA) is 104 Å². The van der Waals surface area contributed by atoms with Crippen LogP contribution in [0, 0.1) is 0 Å². The Bertz CT molecular complexity index is 1590. The number of likely N-dealkylation sites (tertiary alicyclic amines) is 1. The van der Waals surface area contributed by atoms with Gasteiger partial charge < -0.3 is 19.3 Å². The number of pyridine rings is 1. The molecule has 1 aromatic heterocycles. The van der Waals surface area contributed by atoms with Crippen LogP contribution in [-0.2, 0) is 27.4 Å². The lowest BCUT2D eigenvalue weighted by atomic mass is 9.99. The van der Waals surface area contributed by atoms with Crippen molar-refractivity contribution in [1.82, 2.24) is 20.1 Å². The Morgan fingerprint density at radius 3 is 2.67 bits per heavy atom. The van der Waals surface area contributed by atoms with Gasteiger partial charge in [-0.05, 0) is 66.4 Å². The first-order chi connectivity index (χ1) is 20.4. The van der Waals surface area contributed by atoms with E-state index in [4.69, 9.17) is 14.5 Å². The summed E-state index contributed by atoms with van der Waals surface area (Å²) in [5.41, 5.74) is 3.73. The van der Waals surface area contributed by atoms with E-state index in [0.717, 1.165) is 67.2 Å². The highest BCUT2D eigenvalue weighted by Crippen LogP contribution is 2.33. The largest absolute Gasteiger partial charge is 0.489 e. The number of imide groups is 1. The average molecular weight is 568 g/mol. The minimum atomic E-state index is -0.612. The number of rotatable bonds is 6. The van der Waals surface area contributed by atoms with Crippen LogP contribution in [-0.4, -0.2) is 83.0 Å². The number of hydrogen-bond donors (Lipinski definition) is 1.